The lowest BCUT2D eigenvalue weighted by atomic mass is 10.1. The number of nitrogens with zero attached hydrogens (tertiary/aromatic N) is 5. The van der Waals surface area contributed by atoms with Crippen LogP contribution in [0.25, 0.3) is 5.65 Å². The number of benzene rings is 1. The second kappa shape index (κ2) is 7.15. The maximum absolute atomic E-state index is 12.5. The molecular formula is C20H23N5O. The number of anilines is 1. The van der Waals surface area contributed by atoms with E-state index < -0.39 is 0 Å². The van der Waals surface area contributed by atoms with Gasteiger partial charge in [-0.15, -0.1) is 10.2 Å². The molecule has 3 aromatic rings. The lowest BCUT2D eigenvalue weighted by Gasteiger charge is -2.35. The summed E-state index contributed by atoms with van der Waals surface area (Å²) in [5.74, 6) is 1.10. The predicted octanol–water partition coefficient (Wildman–Crippen LogP) is 2.32. The molecule has 0 spiro atoms. The number of pyridine rings is 1. The number of aromatic nitrogens is 3. The van der Waals surface area contributed by atoms with Crippen LogP contribution in [0.5, 0.6) is 0 Å². The van der Waals surface area contributed by atoms with Gasteiger partial charge in [0.25, 0.3) is 0 Å². The Balaban J connectivity index is 1.37. The molecule has 0 radical (unpaired) electrons. The summed E-state index contributed by atoms with van der Waals surface area (Å²) in [6, 6.07) is 16.2. The molecule has 1 aliphatic rings. The minimum Gasteiger partial charge on any atom is -0.339 e. The number of aryl methyl sites for hydroxylation is 2. The average Bonchev–Trinajstić information content (AvgIpc) is 3.13. The number of piperazine rings is 1. The molecule has 26 heavy (non-hydrogen) atoms. The summed E-state index contributed by atoms with van der Waals surface area (Å²) in [6.07, 6.45) is 1.37. The van der Waals surface area contributed by atoms with Gasteiger partial charge in [-0.05, 0) is 31.0 Å². The van der Waals surface area contributed by atoms with Crippen molar-refractivity contribution < 1.29 is 4.79 Å². The van der Waals surface area contributed by atoms with E-state index in [2.05, 4.69) is 44.6 Å². The fourth-order valence-corrected chi connectivity index (χ4v) is 3.50. The zero-order valence-electron chi connectivity index (χ0n) is 15.0. The third-order valence-electron chi connectivity index (χ3n) is 4.99. The number of rotatable bonds is 4. The van der Waals surface area contributed by atoms with Crippen molar-refractivity contribution in [1.29, 1.82) is 0 Å². The van der Waals surface area contributed by atoms with Crippen LogP contribution in [0, 0.1) is 6.92 Å². The van der Waals surface area contributed by atoms with Gasteiger partial charge in [0, 0.05) is 38.3 Å². The zero-order chi connectivity index (χ0) is 17.9. The quantitative estimate of drug-likeness (QED) is 0.725. The first kappa shape index (κ1) is 16.6. The Morgan fingerprint density at radius 1 is 0.962 bits per heavy atom. The molecule has 0 N–H and O–H groups in total. The molecule has 1 fully saturated rings. The number of carbonyl (C=O) groups is 1. The van der Waals surface area contributed by atoms with Gasteiger partial charge in [-0.3, -0.25) is 9.20 Å². The molecule has 1 saturated heterocycles. The molecule has 4 rings (SSSR count). The molecule has 1 aliphatic heterocycles. The van der Waals surface area contributed by atoms with Gasteiger partial charge in [0.15, 0.2) is 5.65 Å². The van der Waals surface area contributed by atoms with E-state index in [9.17, 15) is 4.79 Å². The van der Waals surface area contributed by atoms with Gasteiger partial charge < -0.3 is 9.80 Å². The normalized spacial score (nSPS) is 14.8. The van der Waals surface area contributed by atoms with Gasteiger partial charge in [0.1, 0.15) is 0 Å². The Bertz CT molecular complexity index is 897. The Kier molecular flexibility index (Phi) is 4.56. The standard InChI is InChI=1S/C20H23N5O/c1-16-6-5-9-18-21-22-20(25(16)18)24-14-12-23(13-15-24)19(26)11-10-17-7-3-2-4-8-17/h2-9H,10-15H2,1H3. The largest absolute Gasteiger partial charge is 0.339 e. The van der Waals surface area contributed by atoms with Crippen LogP contribution in [0.2, 0.25) is 0 Å². The maximum atomic E-state index is 12.5. The van der Waals surface area contributed by atoms with Crippen molar-refractivity contribution in [2.75, 3.05) is 31.1 Å². The molecule has 1 amide bonds. The monoisotopic (exact) mass is 349 g/mol. The molecular weight excluding hydrogens is 326 g/mol. The molecule has 0 bridgehead atoms. The Morgan fingerprint density at radius 2 is 1.73 bits per heavy atom. The number of hydrogen-bond acceptors (Lipinski definition) is 4. The van der Waals surface area contributed by atoms with Gasteiger partial charge in [-0.2, -0.15) is 0 Å². The highest BCUT2D eigenvalue weighted by atomic mass is 16.2. The van der Waals surface area contributed by atoms with Crippen molar-refractivity contribution in [3.05, 3.63) is 59.8 Å². The van der Waals surface area contributed by atoms with Crippen LogP contribution in [0.4, 0.5) is 5.95 Å². The summed E-state index contributed by atoms with van der Waals surface area (Å²) < 4.78 is 2.08. The molecule has 0 aliphatic carbocycles. The van der Waals surface area contributed by atoms with Crippen LogP contribution in [0.15, 0.2) is 48.5 Å². The van der Waals surface area contributed by atoms with E-state index in [0.29, 0.717) is 6.42 Å². The highest BCUT2D eigenvalue weighted by Crippen LogP contribution is 2.18. The molecule has 3 heterocycles. The lowest BCUT2D eigenvalue weighted by Crippen LogP contribution is -2.49. The van der Waals surface area contributed by atoms with E-state index >= 15 is 0 Å². The number of amides is 1. The summed E-state index contributed by atoms with van der Waals surface area (Å²) in [6.45, 7) is 5.09. The fourth-order valence-electron chi connectivity index (χ4n) is 3.50. The van der Waals surface area contributed by atoms with Crippen molar-refractivity contribution in [3.8, 4) is 0 Å². The van der Waals surface area contributed by atoms with Crippen LogP contribution in [-0.4, -0.2) is 51.6 Å². The predicted molar refractivity (Wildman–Crippen MR) is 101 cm³/mol. The fraction of sp³-hybridized carbons (Fsp3) is 0.350. The van der Waals surface area contributed by atoms with Crippen molar-refractivity contribution in [1.82, 2.24) is 19.5 Å². The Hall–Kier alpha value is -2.89. The molecule has 0 unspecified atom stereocenters. The first-order valence-corrected chi connectivity index (χ1v) is 9.10. The number of hydrogen-bond donors (Lipinski definition) is 0. The van der Waals surface area contributed by atoms with Crippen molar-refractivity contribution in [3.63, 3.8) is 0 Å². The van der Waals surface area contributed by atoms with Crippen LogP contribution in [0.1, 0.15) is 17.7 Å². The van der Waals surface area contributed by atoms with E-state index in [1.807, 2.05) is 35.2 Å². The third kappa shape index (κ3) is 3.27. The summed E-state index contributed by atoms with van der Waals surface area (Å²) in [5.41, 5.74) is 3.19. The van der Waals surface area contributed by atoms with Crippen LogP contribution in [0.3, 0.4) is 0 Å². The van der Waals surface area contributed by atoms with Gasteiger partial charge in [-0.1, -0.05) is 36.4 Å². The van der Waals surface area contributed by atoms with Crippen molar-refractivity contribution in [2.45, 2.75) is 19.8 Å². The molecule has 134 valence electrons. The second-order valence-corrected chi connectivity index (χ2v) is 6.71. The zero-order valence-corrected chi connectivity index (χ0v) is 15.0. The van der Waals surface area contributed by atoms with Crippen LogP contribution < -0.4 is 4.90 Å². The van der Waals surface area contributed by atoms with E-state index in [0.717, 1.165) is 49.9 Å². The van der Waals surface area contributed by atoms with Gasteiger partial charge in [0.2, 0.25) is 11.9 Å². The van der Waals surface area contributed by atoms with E-state index in [1.54, 1.807) is 0 Å². The Labute approximate surface area is 153 Å². The number of carbonyl (C=O) groups excluding carboxylic acids is 1. The smallest absolute Gasteiger partial charge is 0.232 e. The topological polar surface area (TPSA) is 53.7 Å². The third-order valence-corrected chi connectivity index (χ3v) is 4.99. The Morgan fingerprint density at radius 3 is 2.50 bits per heavy atom. The molecule has 6 nitrogen and oxygen atoms in total. The van der Waals surface area contributed by atoms with Gasteiger partial charge >= 0.3 is 0 Å². The minimum absolute atomic E-state index is 0.232. The summed E-state index contributed by atoms with van der Waals surface area (Å²) >= 11 is 0. The van der Waals surface area contributed by atoms with Gasteiger partial charge in [-0.25, -0.2) is 0 Å². The maximum Gasteiger partial charge on any atom is 0.232 e. The molecule has 1 aromatic carbocycles. The van der Waals surface area contributed by atoms with E-state index in [4.69, 9.17) is 0 Å². The highest BCUT2D eigenvalue weighted by molar-refractivity contribution is 5.76. The number of fused-ring (bicyclic) bond motifs is 1. The van der Waals surface area contributed by atoms with Crippen molar-refractivity contribution in [2.24, 2.45) is 0 Å². The lowest BCUT2D eigenvalue weighted by molar-refractivity contribution is -0.131. The van der Waals surface area contributed by atoms with E-state index in [-0.39, 0.29) is 5.91 Å². The van der Waals surface area contributed by atoms with Crippen molar-refractivity contribution >= 4 is 17.5 Å². The van der Waals surface area contributed by atoms with Gasteiger partial charge in [0.05, 0.1) is 0 Å². The van der Waals surface area contributed by atoms with Crippen LogP contribution >= 0.6 is 0 Å². The first-order valence-electron chi connectivity index (χ1n) is 9.10. The molecule has 6 heteroatoms. The summed E-state index contributed by atoms with van der Waals surface area (Å²) in [4.78, 5) is 16.7. The highest BCUT2D eigenvalue weighted by Gasteiger charge is 2.24. The first-order chi connectivity index (χ1) is 12.7. The average molecular weight is 349 g/mol. The van der Waals surface area contributed by atoms with E-state index in [1.165, 1.54) is 5.56 Å². The summed E-state index contributed by atoms with van der Waals surface area (Å²) in [7, 11) is 0. The second-order valence-electron chi connectivity index (χ2n) is 6.71. The molecule has 2 aromatic heterocycles. The minimum atomic E-state index is 0.232. The SMILES string of the molecule is Cc1cccc2nnc(N3CCN(C(=O)CCc4ccccc4)CC3)n12. The summed E-state index contributed by atoms with van der Waals surface area (Å²) in [5, 5.41) is 8.62. The molecule has 0 atom stereocenters. The van der Waals surface area contributed by atoms with Crippen LogP contribution in [-0.2, 0) is 11.2 Å². The molecule has 0 saturated carbocycles.